The number of phenols is 2. The molecule has 1 unspecified atom stereocenters. The lowest BCUT2D eigenvalue weighted by Gasteiger charge is -2.13. The minimum atomic E-state index is -0.108. The van der Waals surface area contributed by atoms with Gasteiger partial charge in [0.15, 0.2) is 0 Å². The fraction of sp³-hybridized carbons (Fsp3) is 0.455. The SMILES string of the molecule is NC(CC1CC1)c1ccc(O)cc1O. The Bertz CT molecular complexity index is 334. The first-order valence-corrected chi connectivity index (χ1v) is 4.94. The number of rotatable bonds is 3. The van der Waals surface area contributed by atoms with Crippen molar-refractivity contribution in [2.75, 3.05) is 0 Å². The van der Waals surface area contributed by atoms with Crippen LogP contribution >= 0.6 is 0 Å². The normalized spacial score (nSPS) is 18.1. The third-order valence-corrected chi connectivity index (χ3v) is 2.70. The maximum atomic E-state index is 9.56. The maximum absolute atomic E-state index is 9.56. The van der Waals surface area contributed by atoms with Crippen molar-refractivity contribution < 1.29 is 10.2 Å². The highest BCUT2D eigenvalue weighted by molar-refractivity contribution is 5.40. The van der Waals surface area contributed by atoms with Gasteiger partial charge in [0.05, 0.1) is 0 Å². The van der Waals surface area contributed by atoms with Crippen molar-refractivity contribution in [3.05, 3.63) is 23.8 Å². The average Bonchev–Trinajstić information content (AvgIpc) is 2.87. The van der Waals surface area contributed by atoms with E-state index in [9.17, 15) is 5.11 Å². The van der Waals surface area contributed by atoms with Crippen LogP contribution in [0, 0.1) is 5.92 Å². The van der Waals surface area contributed by atoms with E-state index in [0.717, 1.165) is 17.9 Å². The van der Waals surface area contributed by atoms with Gasteiger partial charge >= 0.3 is 0 Å². The van der Waals surface area contributed by atoms with E-state index in [1.165, 1.54) is 18.9 Å². The van der Waals surface area contributed by atoms with E-state index in [4.69, 9.17) is 10.8 Å². The Balaban J connectivity index is 2.13. The van der Waals surface area contributed by atoms with E-state index >= 15 is 0 Å². The Hall–Kier alpha value is -1.22. The van der Waals surface area contributed by atoms with E-state index in [2.05, 4.69) is 0 Å². The monoisotopic (exact) mass is 193 g/mol. The average molecular weight is 193 g/mol. The summed E-state index contributed by atoms with van der Waals surface area (Å²) >= 11 is 0. The molecule has 1 fully saturated rings. The molecule has 76 valence electrons. The van der Waals surface area contributed by atoms with Crippen molar-refractivity contribution in [1.82, 2.24) is 0 Å². The fourth-order valence-electron chi connectivity index (χ4n) is 1.69. The maximum Gasteiger partial charge on any atom is 0.124 e. The molecule has 0 amide bonds. The zero-order valence-corrected chi connectivity index (χ0v) is 7.98. The molecule has 3 nitrogen and oxygen atoms in total. The topological polar surface area (TPSA) is 66.5 Å². The molecule has 0 aliphatic heterocycles. The predicted molar refractivity (Wildman–Crippen MR) is 54.0 cm³/mol. The van der Waals surface area contributed by atoms with E-state index in [1.807, 2.05) is 0 Å². The van der Waals surface area contributed by atoms with Gasteiger partial charge in [-0.3, -0.25) is 0 Å². The Morgan fingerprint density at radius 2 is 2.07 bits per heavy atom. The Morgan fingerprint density at radius 3 is 2.64 bits per heavy atom. The van der Waals surface area contributed by atoms with Crippen LogP contribution in [0.4, 0.5) is 0 Å². The smallest absolute Gasteiger partial charge is 0.124 e. The van der Waals surface area contributed by atoms with E-state index in [-0.39, 0.29) is 17.5 Å². The van der Waals surface area contributed by atoms with Gasteiger partial charge < -0.3 is 15.9 Å². The molecule has 4 N–H and O–H groups in total. The van der Waals surface area contributed by atoms with Crippen LogP contribution in [0.5, 0.6) is 11.5 Å². The Labute approximate surface area is 83.2 Å². The van der Waals surface area contributed by atoms with Gasteiger partial charge in [-0.25, -0.2) is 0 Å². The zero-order valence-electron chi connectivity index (χ0n) is 7.98. The van der Waals surface area contributed by atoms with Crippen molar-refractivity contribution in [1.29, 1.82) is 0 Å². The van der Waals surface area contributed by atoms with Crippen LogP contribution in [0.2, 0.25) is 0 Å². The van der Waals surface area contributed by atoms with Gasteiger partial charge in [0.2, 0.25) is 0 Å². The molecule has 0 spiro atoms. The summed E-state index contributed by atoms with van der Waals surface area (Å²) in [6.07, 6.45) is 3.44. The van der Waals surface area contributed by atoms with Crippen molar-refractivity contribution >= 4 is 0 Å². The number of hydrogen-bond acceptors (Lipinski definition) is 3. The van der Waals surface area contributed by atoms with Crippen LogP contribution in [0.3, 0.4) is 0 Å². The number of aromatic hydroxyl groups is 2. The van der Waals surface area contributed by atoms with Gasteiger partial charge in [0, 0.05) is 17.7 Å². The molecule has 1 aromatic rings. The number of benzene rings is 1. The van der Waals surface area contributed by atoms with Crippen molar-refractivity contribution in [2.45, 2.75) is 25.3 Å². The molecule has 3 heteroatoms. The third-order valence-electron chi connectivity index (χ3n) is 2.70. The summed E-state index contributed by atoms with van der Waals surface area (Å²) in [6.45, 7) is 0. The lowest BCUT2D eigenvalue weighted by Crippen LogP contribution is -2.10. The van der Waals surface area contributed by atoms with Gasteiger partial charge in [-0.05, 0) is 18.4 Å². The molecular formula is C11H15NO2. The van der Waals surface area contributed by atoms with Crippen molar-refractivity contribution in [3.8, 4) is 11.5 Å². The lowest BCUT2D eigenvalue weighted by molar-refractivity contribution is 0.438. The summed E-state index contributed by atoms with van der Waals surface area (Å²) in [7, 11) is 0. The quantitative estimate of drug-likeness (QED) is 0.686. The standard InChI is InChI=1S/C11H15NO2/c12-10(5-7-1-2-7)9-4-3-8(13)6-11(9)14/h3-4,6-7,10,13-14H,1-2,5,12H2. The number of hydrogen-bond donors (Lipinski definition) is 3. The zero-order chi connectivity index (χ0) is 10.1. The van der Waals surface area contributed by atoms with Crippen LogP contribution in [-0.4, -0.2) is 10.2 Å². The van der Waals surface area contributed by atoms with Crippen LogP contribution in [-0.2, 0) is 0 Å². The van der Waals surface area contributed by atoms with Gasteiger partial charge in [-0.1, -0.05) is 18.9 Å². The molecule has 0 saturated heterocycles. The molecule has 0 aromatic heterocycles. The summed E-state index contributed by atoms with van der Waals surface area (Å²) in [5, 5.41) is 18.7. The summed E-state index contributed by atoms with van der Waals surface area (Å²) in [5.41, 5.74) is 6.68. The predicted octanol–water partition coefficient (Wildman–Crippen LogP) is 1.90. The van der Waals surface area contributed by atoms with Crippen molar-refractivity contribution in [3.63, 3.8) is 0 Å². The number of phenolic OH excluding ortho intramolecular Hbond substituents is 2. The van der Waals surface area contributed by atoms with E-state index in [0.29, 0.717) is 0 Å². The molecule has 0 radical (unpaired) electrons. The molecule has 2 rings (SSSR count). The fourth-order valence-corrected chi connectivity index (χ4v) is 1.69. The highest BCUT2D eigenvalue weighted by Gasteiger charge is 2.25. The summed E-state index contributed by atoms with van der Waals surface area (Å²) in [5.74, 6) is 0.904. The van der Waals surface area contributed by atoms with Gasteiger partial charge in [0.1, 0.15) is 11.5 Å². The molecule has 1 aromatic carbocycles. The first kappa shape index (κ1) is 9.34. The second kappa shape index (κ2) is 3.50. The van der Waals surface area contributed by atoms with Crippen LogP contribution in [0.1, 0.15) is 30.9 Å². The number of nitrogens with two attached hydrogens (primary N) is 1. The minimum Gasteiger partial charge on any atom is -0.508 e. The first-order valence-electron chi connectivity index (χ1n) is 4.94. The summed E-state index contributed by atoms with van der Waals surface area (Å²) in [6, 6.07) is 4.48. The molecular weight excluding hydrogens is 178 g/mol. The second-order valence-corrected chi connectivity index (χ2v) is 4.03. The molecule has 14 heavy (non-hydrogen) atoms. The Morgan fingerprint density at radius 1 is 1.36 bits per heavy atom. The van der Waals surface area contributed by atoms with Gasteiger partial charge in [-0.2, -0.15) is 0 Å². The Kier molecular flexibility index (Phi) is 2.33. The van der Waals surface area contributed by atoms with Crippen molar-refractivity contribution in [2.24, 2.45) is 11.7 Å². The highest BCUT2D eigenvalue weighted by atomic mass is 16.3. The minimum absolute atomic E-state index is 0.0740. The molecule has 1 atom stereocenters. The largest absolute Gasteiger partial charge is 0.508 e. The van der Waals surface area contributed by atoms with Gasteiger partial charge in [0.25, 0.3) is 0 Å². The van der Waals surface area contributed by atoms with E-state index in [1.54, 1.807) is 12.1 Å². The molecule has 0 heterocycles. The first-order chi connectivity index (χ1) is 6.66. The van der Waals surface area contributed by atoms with Gasteiger partial charge in [-0.15, -0.1) is 0 Å². The highest BCUT2D eigenvalue weighted by Crippen LogP contribution is 2.38. The molecule has 0 bridgehead atoms. The van der Waals surface area contributed by atoms with Crippen LogP contribution in [0.15, 0.2) is 18.2 Å². The molecule has 1 aliphatic carbocycles. The summed E-state index contributed by atoms with van der Waals surface area (Å²) in [4.78, 5) is 0. The van der Waals surface area contributed by atoms with Crippen LogP contribution in [0.25, 0.3) is 0 Å². The lowest BCUT2D eigenvalue weighted by atomic mass is 10.0. The molecule has 1 saturated carbocycles. The van der Waals surface area contributed by atoms with Crippen LogP contribution < -0.4 is 5.73 Å². The molecule has 1 aliphatic rings. The summed E-state index contributed by atoms with van der Waals surface area (Å²) < 4.78 is 0. The second-order valence-electron chi connectivity index (χ2n) is 4.03. The van der Waals surface area contributed by atoms with E-state index < -0.39 is 0 Å². The third kappa shape index (κ3) is 1.99.